The molecule has 2 rings (SSSR count). The third-order valence-electron chi connectivity index (χ3n) is 2.36. The van der Waals surface area contributed by atoms with Crippen molar-refractivity contribution in [3.63, 3.8) is 0 Å². The summed E-state index contributed by atoms with van der Waals surface area (Å²) in [6.07, 6.45) is 0.820. The summed E-state index contributed by atoms with van der Waals surface area (Å²) in [6, 6.07) is 10.0. The van der Waals surface area contributed by atoms with Crippen molar-refractivity contribution in [2.24, 2.45) is 5.73 Å². The predicted molar refractivity (Wildman–Crippen MR) is 66.4 cm³/mol. The molecule has 1 aromatic heterocycles. The first-order chi connectivity index (χ1) is 8.18. The lowest BCUT2D eigenvalue weighted by atomic mass is 10.1. The topological polar surface area (TPSA) is 73.8 Å². The lowest BCUT2D eigenvalue weighted by Crippen LogP contribution is -2.12. The van der Waals surface area contributed by atoms with Crippen LogP contribution >= 0.6 is 15.9 Å². The number of nitrogens with zero attached hydrogens (tertiary/aromatic N) is 3. The molecule has 0 aliphatic rings. The van der Waals surface area contributed by atoms with Crippen molar-refractivity contribution >= 4 is 21.8 Å². The van der Waals surface area contributed by atoms with Crippen molar-refractivity contribution < 1.29 is 4.79 Å². The standard InChI is InChI=1S/C11H11BrN4O/c12-10-9(11(13)17)14-15-16(10)7-6-8-4-2-1-3-5-8/h1-5H,6-7H2,(H2,13,17). The summed E-state index contributed by atoms with van der Waals surface area (Å²) in [5.41, 5.74) is 6.52. The summed E-state index contributed by atoms with van der Waals surface area (Å²) >= 11 is 3.26. The number of hydrogen-bond acceptors (Lipinski definition) is 3. The van der Waals surface area contributed by atoms with Crippen LogP contribution in [0.5, 0.6) is 0 Å². The van der Waals surface area contributed by atoms with E-state index >= 15 is 0 Å². The average molecular weight is 295 g/mol. The Hall–Kier alpha value is -1.69. The fraction of sp³-hybridized carbons (Fsp3) is 0.182. The molecule has 2 N–H and O–H groups in total. The van der Waals surface area contributed by atoms with Crippen molar-refractivity contribution in [2.45, 2.75) is 13.0 Å². The minimum atomic E-state index is -0.581. The number of nitrogens with two attached hydrogens (primary N) is 1. The monoisotopic (exact) mass is 294 g/mol. The van der Waals surface area contributed by atoms with Crippen molar-refractivity contribution in [1.82, 2.24) is 15.0 Å². The van der Waals surface area contributed by atoms with E-state index in [1.165, 1.54) is 5.56 Å². The van der Waals surface area contributed by atoms with E-state index in [4.69, 9.17) is 5.73 Å². The van der Waals surface area contributed by atoms with Gasteiger partial charge in [0.15, 0.2) is 5.69 Å². The van der Waals surface area contributed by atoms with Gasteiger partial charge in [-0.25, -0.2) is 4.68 Å². The Kier molecular flexibility index (Phi) is 3.53. The number of aryl methyl sites for hydroxylation is 2. The Morgan fingerprint density at radius 3 is 2.65 bits per heavy atom. The molecule has 0 saturated heterocycles. The Bertz CT molecular complexity index is 524. The highest BCUT2D eigenvalue weighted by atomic mass is 79.9. The summed E-state index contributed by atoms with van der Waals surface area (Å²) in [6.45, 7) is 0.644. The van der Waals surface area contributed by atoms with Gasteiger partial charge >= 0.3 is 0 Å². The van der Waals surface area contributed by atoms with Gasteiger partial charge in [-0.2, -0.15) is 0 Å². The molecular formula is C11H11BrN4O. The smallest absolute Gasteiger partial charge is 0.272 e. The lowest BCUT2D eigenvalue weighted by molar-refractivity contribution is 0.0994. The third kappa shape index (κ3) is 2.71. The van der Waals surface area contributed by atoms with E-state index in [-0.39, 0.29) is 5.69 Å². The summed E-state index contributed by atoms with van der Waals surface area (Å²) < 4.78 is 2.15. The van der Waals surface area contributed by atoms with Gasteiger partial charge in [0.2, 0.25) is 0 Å². The first-order valence-electron chi connectivity index (χ1n) is 5.11. The fourth-order valence-corrected chi connectivity index (χ4v) is 2.00. The van der Waals surface area contributed by atoms with E-state index < -0.39 is 5.91 Å². The van der Waals surface area contributed by atoms with Crippen LogP contribution < -0.4 is 5.73 Å². The van der Waals surface area contributed by atoms with Gasteiger partial charge in [-0.3, -0.25) is 4.79 Å². The maximum atomic E-state index is 11.0. The highest BCUT2D eigenvalue weighted by Gasteiger charge is 2.14. The number of primary amides is 1. The van der Waals surface area contributed by atoms with E-state index in [1.54, 1.807) is 4.68 Å². The summed E-state index contributed by atoms with van der Waals surface area (Å²) in [5.74, 6) is -0.581. The van der Waals surface area contributed by atoms with Crippen LogP contribution in [0, 0.1) is 0 Å². The second-order valence-corrected chi connectivity index (χ2v) is 4.30. The van der Waals surface area contributed by atoms with Gasteiger partial charge in [0, 0.05) is 6.54 Å². The zero-order valence-electron chi connectivity index (χ0n) is 9.01. The Morgan fingerprint density at radius 1 is 1.35 bits per heavy atom. The van der Waals surface area contributed by atoms with E-state index in [0.717, 1.165) is 6.42 Å². The molecular weight excluding hydrogens is 284 g/mol. The van der Waals surface area contributed by atoms with Crippen LogP contribution in [0.3, 0.4) is 0 Å². The summed E-state index contributed by atoms with van der Waals surface area (Å²) in [7, 11) is 0. The molecule has 17 heavy (non-hydrogen) atoms. The number of carbonyl (C=O) groups is 1. The number of hydrogen-bond donors (Lipinski definition) is 1. The zero-order chi connectivity index (χ0) is 12.3. The molecule has 0 aliphatic heterocycles. The number of carbonyl (C=O) groups excluding carboxylic acids is 1. The lowest BCUT2D eigenvalue weighted by Gasteiger charge is -2.02. The van der Waals surface area contributed by atoms with Crippen molar-refractivity contribution in [3.8, 4) is 0 Å². The Labute approximate surface area is 107 Å². The Morgan fingerprint density at radius 2 is 2.06 bits per heavy atom. The number of benzene rings is 1. The largest absolute Gasteiger partial charge is 0.364 e. The highest BCUT2D eigenvalue weighted by molar-refractivity contribution is 9.10. The van der Waals surface area contributed by atoms with Gasteiger partial charge < -0.3 is 5.73 Å². The van der Waals surface area contributed by atoms with E-state index in [9.17, 15) is 4.79 Å². The fourth-order valence-electron chi connectivity index (χ4n) is 1.47. The van der Waals surface area contributed by atoms with Crippen molar-refractivity contribution in [2.75, 3.05) is 0 Å². The first-order valence-corrected chi connectivity index (χ1v) is 5.90. The van der Waals surface area contributed by atoms with Gasteiger partial charge in [0.1, 0.15) is 4.60 Å². The van der Waals surface area contributed by atoms with Gasteiger partial charge in [0.25, 0.3) is 5.91 Å². The molecule has 0 fully saturated rings. The predicted octanol–water partition coefficient (Wildman–Crippen LogP) is 1.38. The molecule has 1 aromatic carbocycles. The third-order valence-corrected chi connectivity index (χ3v) is 3.15. The average Bonchev–Trinajstić information content (AvgIpc) is 2.69. The molecule has 88 valence electrons. The molecule has 5 nitrogen and oxygen atoms in total. The van der Waals surface area contributed by atoms with Crippen LogP contribution in [0.1, 0.15) is 16.1 Å². The van der Waals surface area contributed by atoms with Gasteiger partial charge in [-0.15, -0.1) is 5.10 Å². The van der Waals surface area contributed by atoms with Crippen LogP contribution in [0.2, 0.25) is 0 Å². The minimum absolute atomic E-state index is 0.165. The molecule has 0 atom stereocenters. The molecule has 0 saturated carbocycles. The molecule has 0 unspecified atom stereocenters. The first kappa shape index (κ1) is 11.8. The second-order valence-electron chi connectivity index (χ2n) is 3.55. The van der Waals surface area contributed by atoms with Gasteiger partial charge in [0.05, 0.1) is 0 Å². The molecule has 0 bridgehead atoms. The molecule has 0 radical (unpaired) electrons. The van der Waals surface area contributed by atoms with Crippen molar-refractivity contribution in [1.29, 1.82) is 0 Å². The Balaban J connectivity index is 2.07. The quantitative estimate of drug-likeness (QED) is 0.926. The van der Waals surface area contributed by atoms with E-state index in [0.29, 0.717) is 11.1 Å². The van der Waals surface area contributed by atoms with Crippen LogP contribution in [-0.2, 0) is 13.0 Å². The van der Waals surface area contributed by atoms with E-state index in [2.05, 4.69) is 26.2 Å². The molecule has 1 amide bonds. The van der Waals surface area contributed by atoms with Gasteiger partial charge in [-0.05, 0) is 27.9 Å². The number of rotatable bonds is 4. The molecule has 0 aliphatic carbocycles. The summed E-state index contributed by atoms with van der Waals surface area (Å²) in [5, 5.41) is 7.59. The number of aromatic nitrogens is 3. The highest BCUT2D eigenvalue weighted by Crippen LogP contribution is 2.13. The van der Waals surface area contributed by atoms with Crippen LogP contribution in [-0.4, -0.2) is 20.9 Å². The maximum Gasteiger partial charge on any atom is 0.272 e. The second kappa shape index (κ2) is 5.09. The normalized spacial score (nSPS) is 10.4. The minimum Gasteiger partial charge on any atom is -0.364 e. The molecule has 6 heteroatoms. The SMILES string of the molecule is NC(=O)c1nnn(CCc2ccccc2)c1Br. The molecule has 1 heterocycles. The van der Waals surface area contributed by atoms with Gasteiger partial charge in [-0.1, -0.05) is 35.5 Å². The van der Waals surface area contributed by atoms with Crippen LogP contribution in [0.25, 0.3) is 0 Å². The number of halogens is 1. The van der Waals surface area contributed by atoms with Crippen molar-refractivity contribution in [3.05, 3.63) is 46.2 Å². The van der Waals surface area contributed by atoms with E-state index in [1.807, 2.05) is 30.3 Å². The number of amides is 1. The molecule has 0 spiro atoms. The molecule has 2 aromatic rings. The van der Waals surface area contributed by atoms with Crippen LogP contribution in [0.15, 0.2) is 34.9 Å². The zero-order valence-corrected chi connectivity index (χ0v) is 10.6. The summed E-state index contributed by atoms with van der Waals surface area (Å²) in [4.78, 5) is 11.0. The van der Waals surface area contributed by atoms with Crippen LogP contribution in [0.4, 0.5) is 0 Å². The maximum absolute atomic E-state index is 11.0.